The summed E-state index contributed by atoms with van der Waals surface area (Å²) in [6, 6.07) is 9.32. The minimum Gasteiger partial charge on any atom is -0.350 e. The number of pyridine rings is 1. The number of halogens is 2. The first kappa shape index (κ1) is 23.2. The number of carbonyl (C=O) groups excluding carboxylic acids is 1. The number of anilines is 1. The molecule has 2 heterocycles. The summed E-state index contributed by atoms with van der Waals surface area (Å²) in [5.74, 6) is -0.209. The zero-order valence-electron chi connectivity index (χ0n) is 14.4. The van der Waals surface area contributed by atoms with Gasteiger partial charge in [0.1, 0.15) is 0 Å². The van der Waals surface area contributed by atoms with E-state index in [4.69, 9.17) is 0 Å². The number of aromatic nitrogens is 1. The lowest BCUT2D eigenvalue weighted by Gasteiger charge is -2.12. The molecule has 1 aliphatic rings. The van der Waals surface area contributed by atoms with Crippen LogP contribution in [0.3, 0.4) is 0 Å². The summed E-state index contributed by atoms with van der Waals surface area (Å²) >= 11 is 0. The van der Waals surface area contributed by atoms with Gasteiger partial charge in [0.2, 0.25) is 0 Å². The molecule has 1 unspecified atom stereocenters. The minimum atomic E-state index is -3.70. The molecule has 1 fully saturated rings. The molecular weight excluding hydrogens is 411 g/mol. The Morgan fingerprint density at radius 3 is 2.37 bits per heavy atom. The second-order valence-electron chi connectivity index (χ2n) is 5.87. The SMILES string of the molecule is Cl.Cl.O=C(NCC1CCCN1)c1ccc(S(=O)(=O)Nc2ccncc2)cc1. The molecule has 1 aromatic heterocycles. The Bertz CT molecular complexity index is 827. The van der Waals surface area contributed by atoms with E-state index in [-0.39, 0.29) is 35.6 Å². The summed E-state index contributed by atoms with van der Waals surface area (Å²) < 4.78 is 27.2. The van der Waals surface area contributed by atoms with Crippen molar-refractivity contribution < 1.29 is 13.2 Å². The second-order valence-corrected chi connectivity index (χ2v) is 7.55. The predicted molar refractivity (Wildman–Crippen MR) is 109 cm³/mol. The fraction of sp³-hybridized carbons (Fsp3) is 0.294. The van der Waals surface area contributed by atoms with E-state index in [1.165, 1.54) is 36.7 Å². The van der Waals surface area contributed by atoms with E-state index in [2.05, 4.69) is 20.3 Å². The highest BCUT2D eigenvalue weighted by molar-refractivity contribution is 7.92. The molecule has 1 aliphatic heterocycles. The average molecular weight is 433 g/mol. The number of sulfonamides is 1. The summed E-state index contributed by atoms with van der Waals surface area (Å²) in [7, 11) is -3.70. The van der Waals surface area contributed by atoms with E-state index in [0.717, 1.165) is 19.4 Å². The molecule has 1 aromatic carbocycles. The number of benzene rings is 1. The van der Waals surface area contributed by atoms with Gasteiger partial charge in [0.25, 0.3) is 15.9 Å². The van der Waals surface area contributed by atoms with Crippen molar-refractivity contribution in [3.05, 3.63) is 54.4 Å². The molecule has 1 atom stereocenters. The molecule has 7 nitrogen and oxygen atoms in total. The summed E-state index contributed by atoms with van der Waals surface area (Å²) in [4.78, 5) is 16.1. The third kappa shape index (κ3) is 6.35. The fourth-order valence-corrected chi connectivity index (χ4v) is 3.73. The lowest BCUT2D eigenvalue weighted by molar-refractivity contribution is 0.0950. The number of rotatable bonds is 6. The van der Waals surface area contributed by atoms with Crippen LogP contribution < -0.4 is 15.4 Å². The Morgan fingerprint density at radius 2 is 1.78 bits per heavy atom. The molecule has 0 saturated carbocycles. The van der Waals surface area contributed by atoms with Crippen molar-refractivity contribution in [2.24, 2.45) is 0 Å². The van der Waals surface area contributed by atoms with Crippen molar-refractivity contribution in [3.8, 4) is 0 Å². The zero-order valence-corrected chi connectivity index (χ0v) is 16.9. The standard InChI is InChI=1S/C17H20N4O3S.2ClH/c22-17(20-12-15-2-1-9-19-15)13-3-5-16(6-4-13)25(23,24)21-14-7-10-18-11-8-14;;/h3-8,10-11,15,19H,1-2,9,12H2,(H,18,21)(H,20,22);2*1H. The van der Waals surface area contributed by atoms with Crippen LogP contribution in [0.2, 0.25) is 0 Å². The Hall–Kier alpha value is -1.87. The highest BCUT2D eigenvalue weighted by Crippen LogP contribution is 2.16. The molecule has 0 bridgehead atoms. The maximum absolute atomic E-state index is 12.3. The van der Waals surface area contributed by atoms with E-state index < -0.39 is 10.0 Å². The van der Waals surface area contributed by atoms with Crippen LogP contribution in [-0.4, -0.2) is 38.4 Å². The van der Waals surface area contributed by atoms with Crippen molar-refractivity contribution in [2.75, 3.05) is 17.8 Å². The zero-order chi connectivity index (χ0) is 17.7. The Labute approximate surface area is 171 Å². The first-order valence-electron chi connectivity index (χ1n) is 8.09. The molecule has 10 heteroatoms. The number of hydrogen-bond donors (Lipinski definition) is 3. The van der Waals surface area contributed by atoms with Gasteiger partial charge in [-0.05, 0) is 55.8 Å². The monoisotopic (exact) mass is 432 g/mol. The van der Waals surface area contributed by atoms with Gasteiger partial charge in [-0.3, -0.25) is 14.5 Å². The van der Waals surface area contributed by atoms with E-state index in [1.807, 2.05) is 0 Å². The van der Waals surface area contributed by atoms with E-state index in [9.17, 15) is 13.2 Å². The highest BCUT2D eigenvalue weighted by Gasteiger charge is 2.17. The van der Waals surface area contributed by atoms with Gasteiger partial charge in [0.05, 0.1) is 10.6 Å². The van der Waals surface area contributed by atoms with Gasteiger partial charge in [-0.2, -0.15) is 0 Å². The van der Waals surface area contributed by atoms with Gasteiger partial charge in [0, 0.05) is 30.5 Å². The number of hydrogen-bond acceptors (Lipinski definition) is 5. The van der Waals surface area contributed by atoms with E-state index in [0.29, 0.717) is 23.8 Å². The summed E-state index contributed by atoms with van der Waals surface area (Å²) in [5.41, 5.74) is 0.863. The van der Waals surface area contributed by atoms with Gasteiger partial charge in [0.15, 0.2) is 0 Å². The van der Waals surface area contributed by atoms with Crippen molar-refractivity contribution in [3.63, 3.8) is 0 Å². The number of amides is 1. The number of nitrogens with one attached hydrogen (secondary N) is 3. The molecule has 3 rings (SSSR count). The van der Waals surface area contributed by atoms with Crippen LogP contribution in [0.15, 0.2) is 53.7 Å². The Balaban J connectivity index is 0.00000182. The minimum absolute atomic E-state index is 0. The lowest BCUT2D eigenvalue weighted by atomic mass is 10.2. The maximum Gasteiger partial charge on any atom is 0.261 e. The van der Waals surface area contributed by atoms with Crippen LogP contribution in [0.1, 0.15) is 23.2 Å². The molecule has 0 aliphatic carbocycles. The fourth-order valence-electron chi connectivity index (χ4n) is 2.67. The molecule has 1 saturated heterocycles. The van der Waals surface area contributed by atoms with Crippen molar-refractivity contribution in [1.82, 2.24) is 15.6 Å². The first-order valence-corrected chi connectivity index (χ1v) is 9.57. The molecule has 1 amide bonds. The summed E-state index contributed by atoms with van der Waals surface area (Å²) in [6.07, 6.45) is 5.19. The third-order valence-corrected chi connectivity index (χ3v) is 5.43. The summed E-state index contributed by atoms with van der Waals surface area (Å²) in [5, 5.41) is 6.17. The smallest absolute Gasteiger partial charge is 0.261 e. The molecule has 3 N–H and O–H groups in total. The van der Waals surface area contributed by atoms with Gasteiger partial charge in [-0.15, -0.1) is 24.8 Å². The molecule has 0 spiro atoms. The number of nitrogens with zero attached hydrogens (tertiary/aromatic N) is 1. The topological polar surface area (TPSA) is 100 Å². The largest absolute Gasteiger partial charge is 0.350 e. The maximum atomic E-state index is 12.3. The molecule has 148 valence electrons. The predicted octanol–water partition coefficient (Wildman–Crippen LogP) is 2.21. The van der Waals surface area contributed by atoms with Gasteiger partial charge in [-0.25, -0.2) is 8.42 Å². The van der Waals surface area contributed by atoms with Crippen molar-refractivity contribution in [1.29, 1.82) is 0 Å². The van der Waals surface area contributed by atoms with Crippen LogP contribution in [-0.2, 0) is 10.0 Å². The van der Waals surface area contributed by atoms with Crippen LogP contribution in [0.4, 0.5) is 5.69 Å². The molecule has 0 radical (unpaired) electrons. The van der Waals surface area contributed by atoms with Crippen LogP contribution in [0.5, 0.6) is 0 Å². The van der Waals surface area contributed by atoms with E-state index in [1.54, 1.807) is 12.1 Å². The Morgan fingerprint density at radius 1 is 1.11 bits per heavy atom. The van der Waals surface area contributed by atoms with Gasteiger partial charge >= 0.3 is 0 Å². The van der Waals surface area contributed by atoms with E-state index >= 15 is 0 Å². The molecular formula is C17H22Cl2N4O3S. The van der Waals surface area contributed by atoms with Crippen LogP contribution >= 0.6 is 24.8 Å². The third-order valence-electron chi connectivity index (χ3n) is 4.03. The van der Waals surface area contributed by atoms with Crippen molar-refractivity contribution >= 4 is 46.4 Å². The van der Waals surface area contributed by atoms with Crippen LogP contribution in [0.25, 0.3) is 0 Å². The Kier molecular flexibility index (Phi) is 8.98. The normalized spacial score (nSPS) is 15.9. The van der Waals surface area contributed by atoms with Gasteiger partial charge in [-0.1, -0.05) is 0 Å². The number of carbonyl (C=O) groups is 1. The first-order chi connectivity index (χ1) is 12.0. The van der Waals surface area contributed by atoms with Gasteiger partial charge < -0.3 is 10.6 Å². The van der Waals surface area contributed by atoms with Crippen molar-refractivity contribution in [2.45, 2.75) is 23.8 Å². The second kappa shape index (κ2) is 10.5. The highest BCUT2D eigenvalue weighted by atomic mass is 35.5. The van der Waals surface area contributed by atoms with Crippen LogP contribution in [0, 0.1) is 0 Å². The molecule has 27 heavy (non-hydrogen) atoms. The summed E-state index contributed by atoms with van der Waals surface area (Å²) in [6.45, 7) is 1.56. The molecule has 2 aromatic rings. The average Bonchev–Trinajstić information content (AvgIpc) is 3.14. The lowest BCUT2D eigenvalue weighted by Crippen LogP contribution is -2.37. The quantitative estimate of drug-likeness (QED) is 0.649.